The molecule has 0 spiro atoms. The zero-order valence-electron chi connectivity index (χ0n) is 15.2. The number of nitrogens with zero attached hydrogens (tertiary/aromatic N) is 1. The lowest BCUT2D eigenvalue weighted by Gasteiger charge is -2.13. The monoisotopic (exact) mass is 390 g/mol. The summed E-state index contributed by atoms with van der Waals surface area (Å²) < 4.78 is 17.1. The van der Waals surface area contributed by atoms with Gasteiger partial charge in [0.15, 0.2) is 17.1 Å². The highest BCUT2D eigenvalue weighted by molar-refractivity contribution is 6.31. The van der Waals surface area contributed by atoms with Crippen LogP contribution in [0.2, 0.25) is 5.02 Å². The zero-order valence-corrected chi connectivity index (χ0v) is 15.9. The highest BCUT2D eigenvalue weighted by Gasteiger charge is 2.14. The van der Waals surface area contributed by atoms with E-state index in [9.17, 15) is 9.59 Å². The number of amides is 1. The summed E-state index contributed by atoms with van der Waals surface area (Å²) >= 11 is 5.90. The molecule has 3 rings (SSSR count). The van der Waals surface area contributed by atoms with Gasteiger partial charge in [-0.15, -0.1) is 0 Å². The van der Waals surface area contributed by atoms with Gasteiger partial charge < -0.3 is 19.2 Å². The van der Waals surface area contributed by atoms with Crippen molar-refractivity contribution < 1.29 is 18.7 Å². The van der Waals surface area contributed by atoms with Gasteiger partial charge in [-0.2, -0.15) is 0 Å². The van der Waals surface area contributed by atoms with Crippen LogP contribution in [0.1, 0.15) is 12.0 Å². The minimum atomic E-state index is -0.526. The molecule has 2 aromatic carbocycles. The van der Waals surface area contributed by atoms with Crippen molar-refractivity contribution in [3.8, 4) is 11.5 Å². The number of benzene rings is 2. The Balaban J connectivity index is 1.74. The number of ether oxygens (including phenoxy) is 2. The van der Waals surface area contributed by atoms with Crippen LogP contribution in [0.3, 0.4) is 0 Å². The quantitative estimate of drug-likeness (QED) is 0.695. The van der Waals surface area contributed by atoms with Crippen LogP contribution >= 0.6 is 11.6 Å². The van der Waals surface area contributed by atoms with Gasteiger partial charge in [-0.05, 0) is 30.7 Å². The maximum Gasteiger partial charge on any atom is 0.419 e. The third-order valence-corrected chi connectivity index (χ3v) is 4.43. The van der Waals surface area contributed by atoms with Crippen LogP contribution in [0.25, 0.3) is 11.1 Å². The smallest absolute Gasteiger partial charge is 0.419 e. The van der Waals surface area contributed by atoms with Gasteiger partial charge in [0.1, 0.15) is 0 Å². The van der Waals surface area contributed by atoms with E-state index in [2.05, 4.69) is 5.32 Å². The molecule has 0 unspecified atom stereocenters. The third-order valence-electron chi connectivity index (χ3n) is 4.20. The van der Waals surface area contributed by atoms with Gasteiger partial charge in [0, 0.05) is 35.8 Å². The first-order valence-corrected chi connectivity index (χ1v) is 8.62. The fourth-order valence-corrected chi connectivity index (χ4v) is 2.96. The van der Waals surface area contributed by atoms with E-state index < -0.39 is 5.76 Å². The average Bonchev–Trinajstić information content (AvgIpc) is 2.95. The number of carbonyl (C=O) groups excluding carboxylic acids is 1. The number of hydrogen-bond donors (Lipinski definition) is 1. The largest absolute Gasteiger partial charge is 0.493 e. The first kappa shape index (κ1) is 18.8. The topological polar surface area (TPSA) is 82.7 Å². The second-order valence-electron chi connectivity index (χ2n) is 5.95. The molecule has 0 atom stereocenters. The van der Waals surface area contributed by atoms with Crippen LogP contribution in [0, 0.1) is 6.92 Å². The van der Waals surface area contributed by atoms with Crippen molar-refractivity contribution in [1.82, 2.24) is 4.57 Å². The number of anilines is 1. The summed E-state index contributed by atoms with van der Waals surface area (Å²) in [7, 11) is 3.08. The molecule has 0 aliphatic carbocycles. The molecule has 1 amide bonds. The van der Waals surface area contributed by atoms with Crippen molar-refractivity contribution >= 4 is 34.3 Å². The summed E-state index contributed by atoms with van der Waals surface area (Å²) in [5.41, 5.74) is 2.44. The molecular weight excluding hydrogens is 372 g/mol. The molecule has 3 aromatic rings. The van der Waals surface area contributed by atoms with Gasteiger partial charge in [-0.3, -0.25) is 9.36 Å². The Bertz CT molecular complexity index is 1050. The van der Waals surface area contributed by atoms with E-state index in [4.69, 9.17) is 25.5 Å². The van der Waals surface area contributed by atoms with Crippen molar-refractivity contribution in [3.63, 3.8) is 0 Å². The fraction of sp³-hybridized carbons (Fsp3) is 0.263. The number of fused-ring (bicyclic) bond motifs is 1. The van der Waals surface area contributed by atoms with Crippen LogP contribution in [-0.2, 0) is 11.3 Å². The lowest BCUT2D eigenvalue weighted by atomic mass is 10.1. The van der Waals surface area contributed by atoms with E-state index in [1.807, 2.05) is 6.92 Å². The number of oxazole rings is 1. The highest BCUT2D eigenvalue weighted by Crippen LogP contribution is 2.33. The van der Waals surface area contributed by atoms with E-state index >= 15 is 0 Å². The van der Waals surface area contributed by atoms with Crippen LogP contribution < -0.4 is 20.5 Å². The zero-order chi connectivity index (χ0) is 19.6. The van der Waals surface area contributed by atoms with Gasteiger partial charge in [0.25, 0.3) is 0 Å². The van der Waals surface area contributed by atoms with E-state index in [1.54, 1.807) is 37.4 Å². The molecule has 0 saturated carbocycles. The van der Waals surface area contributed by atoms with E-state index in [-0.39, 0.29) is 18.9 Å². The third kappa shape index (κ3) is 3.93. The van der Waals surface area contributed by atoms with Crippen molar-refractivity contribution in [2.45, 2.75) is 19.9 Å². The maximum atomic E-state index is 12.4. The summed E-state index contributed by atoms with van der Waals surface area (Å²) in [5.74, 6) is 0.346. The SMILES string of the molecule is COc1cc(C)c(NC(=O)CCn2c(=O)oc3cc(Cl)ccc32)cc1OC. The van der Waals surface area contributed by atoms with Gasteiger partial charge in [-0.1, -0.05) is 11.6 Å². The van der Waals surface area contributed by atoms with E-state index in [0.717, 1.165) is 5.56 Å². The Hall–Kier alpha value is -2.93. The molecule has 8 heteroatoms. The summed E-state index contributed by atoms with van der Waals surface area (Å²) in [6.07, 6.45) is 0.102. The number of carbonyl (C=O) groups is 1. The lowest BCUT2D eigenvalue weighted by Crippen LogP contribution is -2.20. The van der Waals surface area contributed by atoms with Crippen molar-refractivity contribution in [1.29, 1.82) is 0 Å². The minimum Gasteiger partial charge on any atom is -0.493 e. The van der Waals surface area contributed by atoms with Crippen molar-refractivity contribution in [2.75, 3.05) is 19.5 Å². The summed E-state index contributed by atoms with van der Waals surface area (Å²) in [5, 5.41) is 3.31. The Morgan fingerprint density at radius 2 is 1.89 bits per heavy atom. The normalized spacial score (nSPS) is 10.8. The number of nitrogens with one attached hydrogen (secondary N) is 1. The molecule has 0 radical (unpaired) electrons. The molecule has 1 heterocycles. The van der Waals surface area contributed by atoms with Gasteiger partial charge in [0.2, 0.25) is 5.91 Å². The predicted molar refractivity (Wildman–Crippen MR) is 103 cm³/mol. The molecule has 1 aromatic heterocycles. The molecule has 0 aliphatic rings. The number of methoxy groups -OCH3 is 2. The standard InChI is InChI=1S/C19H19ClN2O5/c1-11-8-16(25-2)17(26-3)10-13(11)21-18(23)6-7-22-14-5-4-12(20)9-15(14)27-19(22)24/h4-5,8-10H,6-7H2,1-3H3,(H,21,23). The Labute approximate surface area is 160 Å². The number of halogens is 1. The summed E-state index contributed by atoms with van der Waals surface area (Å²) in [4.78, 5) is 24.4. The number of hydrogen-bond acceptors (Lipinski definition) is 5. The first-order chi connectivity index (χ1) is 12.9. The van der Waals surface area contributed by atoms with Gasteiger partial charge >= 0.3 is 5.76 Å². The molecule has 142 valence electrons. The highest BCUT2D eigenvalue weighted by atomic mass is 35.5. The molecule has 7 nitrogen and oxygen atoms in total. The van der Waals surface area contributed by atoms with Crippen molar-refractivity contribution in [3.05, 3.63) is 51.5 Å². The number of aryl methyl sites for hydroxylation is 2. The number of aromatic nitrogens is 1. The second kappa shape index (κ2) is 7.75. The molecule has 0 bridgehead atoms. The molecule has 0 fully saturated rings. The van der Waals surface area contributed by atoms with Crippen LogP contribution in [0.4, 0.5) is 5.69 Å². The minimum absolute atomic E-state index is 0.102. The summed E-state index contributed by atoms with van der Waals surface area (Å²) in [6.45, 7) is 2.04. The molecule has 27 heavy (non-hydrogen) atoms. The Morgan fingerprint density at radius 1 is 1.19 bits per heavy atom. The van der Waals surface area contributed by atoms with E-state index in [0.29, 0.717) is 33.3 Å². The Kier molecular flexibility index (Phi) is 5.41. The average molecular weight is 391 g/mol. The van der Waals surface area contributed by atoms with Crippen molar-refractivity contribution in [2.24, 2.45) is 0 Å². The van der Waals surface area contributed by atoms with Gasteiger partial charge in [0.05, 0.1) is 19.7 Å². The van der Waals surface area contributed by atoms with Crippen LogP contribution in [0.15, 0.2) is 39.5 Å². The number of rotatable bonds is 6. The second-order valence-corrected chi connectivity index (χ2v) is 6.39. The fourth-order valence-electron chi connectivity index (χ4n) is 2.79. The summed E-state index contributed by atoms with van der Waals surface area (Å²) in [6, 6.07) is 8.42. The van der Waals surface area contributed by atoms with Gasteiger partial charge in [-0.25, -0.2) is 4.79 Å². The molecule has 1 N–H and O–H groups in total. The predicted octanol–water partition coefficient (Wildman–Crippen LogP) is 3.60. The van der Waals surface area contributed by atoms with E-state index in [1.165, 1.54) is 11.7 Å². The van der Waals surface area contributed by atoms with Crippen LogP contribution in [0.5, 0.6) is 11.5 Å². The molecular formula is C19H19ClN2O5. The maximum absolute atomic E-state index is 12.4. The molecule has 0 saturated heterocycles. The first-order valence-electron chi connectivity index (χ1n) is 8.24. The lowest BCUT2D eigenvalue weighted by molar-refractivity contribution is -0.116. The van der Waals surface area contributed by atoms with Crippen LogP contribution in [-0.4, -0.2) is 24.7 Å². The molecule has 0 aliphatic heterocycles. The Morgan fingerprint density at radius 3 is 2.59 bits per heavy atom.